The first-order chi connectivity index (χ1) is 9.24. The van der Waals surface area contributed by atoms with Crippen LogP contribution in [0.2, 0.25) is 0 Å². The molecule has 0 bridgehead atoms. The van der Waals surface area contributed by atoms with E-state index in [0.717, 1.165) is 18.6 Å². The maximum absolute atomic E-state index is 4.72. The molecule has 106 valence electrons. The summed E-state index contributed by atoms with van der Waals surface area (Å²) in [5, 5.41) is 5.01. The number of rotatable bonds is 3. The highest BCUT2D eigenvalue weighted by molar-refractivity contribution is 7.11. The summed E-state index contributed by atoms with van der Waals surface area (Å²) in [4.78, 5) is 8.78. The van der Waals surface area contributed by atoms with Crippen molar-refractivity contribution in [1.29, 1.82) is 0 Å². The predicted octanol–water partition coefficient (Wildman–Crippen LogP) is 2.87. The van der Waals surface area contributed by atoms with Crippen LogP contribution in [0.4, 0.5) is 0 Å². The van der Waals surface area contributed by atoms with Crippen molar-refractivity contribution in [2.75, 3.05) is 13.1 Å². The minimum absolute atomic E-state index is 0.724. The molecule has 1 N–H and O–H groups in total. The van der Waals surface area contributed by atoms with E-state index in [1.807, 2.05) is 11.3 Å². The van der Waals surface area contributed by atoms with Gasteiger partial charge in [0.25, 0.3) is 0 Å². The van der Waals surface area contributed by atoms with Gasteiger partial charge < -0.3 is 5.32 Å². The molecule has 3 nitrogen and oxygen atoms in total. The molecule has 0 aliphatic carbocycles. The van der Waals surface area contributed by atoms with Crippen molar-refractivity contribution in [3.63, 3.8) is 0 Å². The molecule has 2 atom stereocenters. The molecule has 2 unspecified atom stereocenters. The van der Waals surface area contributed by atoms with Crippen LogP contribution < -0.4 is 5.32 Å². The van der Waals surface area contributed by atoms with Gasteiger partial charge in [0.1, 0.15) is 5.01 Å². The standard InChI is InChI=1S/C15H25N3S/c1-11-12(2)19-15(17-11)10-18-9-4-3-7-14(18)13-6-5-8-16-13/h13-14,16H,3-10H2,1-2H3. The van der Waals surface area contributed by atoms with Crippen LogP contribution in [0.15, 0.2) is 0 Å². The average molecular weight is 279 g/mol. The second-order valence-electron chi connectivity index (χ2n) is 5.99. The maximum Gasteiger partial charge on any atom is 0.107 e. The highest BCUT2D eigenvalue weighted by Crippen LogP contribution is 2.27. The molecule has 0 radical (unpaired) electrons. The predicted molar refractivity (Wildman–Crippen MR) is 80.7 cm³/mol. The van der Waals surface area contributed by atoms with E-state index in [2.05, 4.69) is 24.1 Å². The zero-order valence-corrected chi connectivity index (χ0v) is 12.9. The van der Waals surface area contributed by atoms with Crippen LogP contribution in [0, 0.1) is 13.8 Å². The van der Waals surface area contributed by atoms with Crippen LogP contribution in [0.1, 0.15) is 47.7 Å². The van der Waals surface area contributed by atoms with Gasteiger partial charge in [-0.05, 0) is 52.6 Å². The molecule has 0 saturated carbocycles. The van der Waals surface area contributed by atoms with Gasteiger partial charge in [-0.2, -0.15) is 0 Å². The third-order valence-electron chi connectivity index (χ3n) is 4.64. The lowest BCUT2D eigenvalue weighted by molar-refractivity contribution is 0.112. The fourth-order valence-electron chi connectivity index (χ4n) is 3.49. The number of aromatic nitrogens is 1. The van der Waals surface area contributed by atoms with Gasteiger partial charge in [-0.3, -0.25) is 4.90 Å². The van der Waals surface area contributed by atoms with Crippen LogP contribution in [0.3, 0.4) is 0 Å². The number of likely N-dealkylation sites (tertiary alicyclic amines) is 1. The lowest BCUT2D eigenvalue weighted by Gasteiger charge is -2.38. The smallest absolute Gasteiger partial charge is 0.107 e. The number of nitrogens with zero attached hydrogens (tertiary/aromatic N) is 2. The van der Waals surface area contributed by atoms with Crippen molar-refractivity contribution in [1.82, 2.24) is 15.2 Å². The summed E-state index contributed by atoms with van der Waals surface area (Å²) >= 11 is 1.88. The zero-order chi connectivity index (χ0) is 13.2. The Morgan fingerprint density at radius 2 is 2.16 bits per heavy atom. The third kappa shape index (κ3) is 3.01. The van der Waals surface area contributed by atoms with Gasteiger partial charge in [0, 0.05) is 17.0 Å². The van der Waals surface area contributed by atoms with Gasteiger partial charge in [0.2, 0.25) is 0 Å². The first-order valence-corrected chi connectivity index (χ1v) is 8.46. The molecule has 3 heterocycles. The molecule has 2 fully saturated rings. The van der Waals surface area contributed by atoms with Gasteiger partial charge in [-0.25, -0.2) is 4.98 Å². The molecule has 3 rings (SSSR count). The number of hydrogen-bond acceptors (Lipinski definition) is 4. The molecule has 4 heteroatoms. The monoisotopic (exact) mass is 279 g/mol. The summed E-state index contributed by atoms with van der Waals surface area (Å²) in [7, 11) is 0. The van der Waals surface area contributed by atoms with Crippen LogP contribution >= 0.6 is 11.3 Å². The molecular formula is C15H25N3S. The van der Waals surface area contributed by atoms with Crippen LogP contribution in [-0.2, 0) is 6.54 Å². The Morgan fingerprint density at radius 1 is 1.26 bits per heavy atom. The quantitative estimate of drug-likeness (QED) is 0.922. The van der Waals surface area contributed by atoms with Crippen molar-refractivity contribution in [3.8, 4) is 0 Å². The van der Waals surface area contributed by atoms with E-state index in [9.17, 15) is 0 Å². The Balaban J connectivity index is 1.69. The number of nitrogens with one attached hydrogen (secondary N) is 1. The summed E-state index contributed by atoms with van der Waals surface area (Å²) in [6.45, 7) is 7.83. The summed E-state index contributed by atoms with van der Waals surface area (Å²) in [6.07, 6.45) is 6.82. The van der Waals surface area contributed by atoms with E-state index >= 15 is 0 Å². The van der Waals surface area contributed by atoms with E-state index in [-0.39, 0.29) is 0 Å². The molecule has 1 aromatic heterocycles. The molecule has 2 aliphatic heterocycles. The Hall–Kier alpha value is -0.450. The fraction of sp³-hybridized carbons (Fsp3) is 0.800. The largest absolute Gasteiger partial charge is 0.312 e. The lowest BCUT2D eigenvalue weighted by Crippen LogP contribution is -2.49. The normalized spacial score (nSPS) is 28.9. The van der Waals surface area contributed by atoms with Gasteiger partial charge in [-0.15, -0.1) is 11.3 Å². The number of thiazole rings is 1. The highest BCUT2D eigenvalue weighted by atomic mass is 32.1. The van der Waals surface area contributed by atoms with Crippen LogP contribution in [-0.4, -0.2) is 35.1 Å². The first-order valence-electron chi connectivity index (χ1n) is 7.64. The Bertz CT molecular complexity index is 404. The van der Waals surface area contributed by atoms with Gasteiger partial charge >= 0.3 is 0 Å². The number of hydrogen-bond donors (Lipinski definition) is 1. The van der Waals surface area contributed by atoms with E-state index in [1.165, 1.54) is 60.8 Å². The van der Waals surface area contributed by atoms with Crippen molar-refractivity contribution in [3.05, 3.63) is 15.6 Å². The summed E-state index contributed by atoms with van der Waals surface area (Å²) in [6, 6.07) is 1.46. The van der Waals surface area contributed by atoms with Crippen molar-refractivity contribution < 1.29 is 0 Å². The molecule has 1 aromatic rings. The lowest BCUT2D eigenvalue weighted by atomic mass is 9.94. The number of piperidine rings is 1. The van der Waals surface area contributed by atoms with Crippen molar-refractivity contribution >= 4 is 11.3 Å². The topological polar surface area (TPSA) is 28.2 Å². The average Bonchev–Trinajstić information content (AvgIpc) is 3.02. The Kier molecular flexibility index (Phi) is 4.20. The fourth-order valence-corrected chi connectivity index (χ4v) is 4.45. The van der Waals surface area contributed by atoms with Crippen LogP contribution in [0.5, 0.6) is 0 Å². The maximum atomic E-state index is 4.72. The summed E-state index contributed by atoms with van der Waals surface area (Å²) < 4.78 is 0. The molecule has 2 saturated heterocycles. The van der Waals surface area contributed by atoms with Gasteiger partial charge in [0.05, 0.1) is 12.2 Å². The highest BCUT2D eigenvalue weighted by Gasteiger charge is 2.31. The van der Waals surface area contributed by atoms with E-state index in [4.69, 9.17) is 4.98 Å². The van der Waals surface area contributed by atoms with E-state index in [0.29, 0.717) is 0 Å². The van der Waals surface area contributed by atoms with Crippen LogP contribution in [0.25, 0.3) is 0 Å². The molecule has 0 spiro atoms. The van der Waals surface area contributed by atoms with E-state index in [1.54, 1.807) is 0 Å². The summed E-state index contributed by atoms with van der Waals surface area (Å²) in [5.41, 5.74) is 1.22. The second kappa shape index (κ2) is 5.90. The Morgan fingerprint density at radius 3 is 2.84 bits per heavy atom. The van der Waals surface area contributed by atoms with Crippen molar-refractivity contribution in [2.45, 2.75) is 64.6 Å². The zero-order valence-electron chi connectivity index (χ0n) is 12.1. The van der Waals surface area contributed by atoms with E-state index < -0.39 is 0 Å². The minimum atomic E-state index is 0.724. The van der Waals surface area contributed by atoms with Gasteiger partial charge in [0.15, 0.2) is 0 Å². The molecule has 0 aromatic carbocycles. The SMILES string of the molecule is Cc1nc(CN2CCCCC2C2CCCN2)sc1C. The second-order valence-corrected chi connectivity index (χ2v) is 7.27. The van der Waals surface area contributed by atoms with Crippen molar-refractivity contribution in [2.24, 2.45) is 0 Å². The molecular weight excluding hydrogens is 254 g/mol. The first kappa shape index (κ1) is 13.5. The molecule has 2 aliphatic rings. The van der Waals surface area contributed by atoms with Gasteiger partial charge in [-0.1, -0.05) is 6.42 Å². The Labute approximate surface area is 120 Å². The third-order valence-corrected chi connectivity index (χ3v) is 5.70. The molecule has 0 amide bonds. The molecule has 19 heavy (non-hydrogen) atoms. The number of aryl methyl sites for hydroxylation is 2. The minimum Gasteiger partial charge on any atom is -0.312 e. The summed E-state index contributed by atoms with van der Waals surface area (Å²) in [5.74, 6) is 0.